The van der Waals surface area contributed by atoms with E-state index < -0.39 is 5.91 Å². The van der Waals surface area contributed by atoms with Gasteiger partial charge in [0, 0.05) is 5.69 Å². The Balaban J connectivity index is 1.42. The van der Waals surface area contributed by atoms with Crippen molar-refractivity contribution in [3.63, 3.8) is 0 Å². The number of amides is 1. The van der Waals surface area contributed by atoms with Crippen LogP contribution in [0.1, 0.15) is 18.1 Å². The van der Waals surface area contributed by atoms with Crippen LogP contribution in [0, 0.1) is 11.3 Å². The number of nitrogens with zero attached hydrogens (tertiary/aromatic N) is 1. The fourth-order valence-corrected chi connectivity index (χ4v) is 4.04. The molecular weight excluding hydrogens is 504 g/mol. The highest BCUT2D eigenvalue weighted by molar-refractivity contribution is 9.10. The predicted molar refractivity (Wildman–Crippen MR) is 142 cm³/mol. The van der Waals surface area contributed by atoms with Crippen molar-refractivity contribution in [3.05, 3.63) is 106 Å². The summed E-state index contributed by atoms with van der Waals surface area (Å²) in [5.41, 5.74) is 2.35. The van der Waals surface area contributed by atoms with Gasteiger partial charge in [-0.15, -0.1) is 0 Å². The summed E-state index contributed by atoms with van der Waals surface area (Å²) >= 11 is 3.53. The summed E-state index contributed by atoms with van der Waals surface area (Å²) < 4.78 is 12.1. The first-order valence-corrected chi connectivity index (χ1v) is 11.9. The quantitative estimate of drug-likeness (QED) is 0.196. The second-order valence-electron chi connectivity index (χ2n) is 7.74. The number of carbonyl (C=O) groups excluding carboxylic acids is 1. The summed E-state index contributed by atoms with van der Waals surface area (Å²) in [6, 6.07) is 28.9. The smallest absolute Gasteiger partial charge is 0.266 e. The SMILES string of the molecule is CCOc1ccc(NC(=O)/C(C#N)=C\c2ccc(OCc3ccc4ccccc4c3)c(Br)c2)cc1. The summed E-state index contributed by atoms with van der Waals surface area (Å²) in [4.78, 5) is 12.6. The van der Waals surface area contributed by atoms with Crippen LogP contribution in [0.5, 0.6) is 11.5 Å². The lowest BCUT2D eigenvalue weighted by Crippen LogP contribution is -2.13. The summed E-state index contributed by atoms with van der Waals surface area (Å²) in [6.07, 6.45) is 1.54. The third kappa shape index (κ3) is 6.28. The second kappa shape index (κ2) is 11.4. The van der Waals surface area contributed by atoms with E-state index >= 15 is 0 Å². The molecule has 1 amide bonds. The van der Waals surface area contributed by atoms with E-state index in [2.05, 4.69) is 51.6 Å². The van der Waals surface area contributed by atoms with Crippen molar-refractivity contribution in [2.24, 2.45) is 0 Å². The molecule has 0 saturated carbocycles. The van der Waals surface area contributed by atoms with E-state index in [1.54, 1.807) is 30.3 Å². The molecule has 6 heteroatoms. The van der Waals surface area contributed by atoms with Crippen LogP contribution in [0.3, 0.4) is 0 Å². The van der Waals surface area contributed by atoms with Crippen molar-refractivity contribution in [2.45, 2.75) is 13.5 Å². The van der Waals surface area contributed by atoms with E-state index in [0.29, 0.717) is 36.0 Å². The number of halogens is 1. The average molecular weight is 527 g/mol. The molecule has 0 aromatic heterocycles. The molecule has 0 saturated heterocycles. The maximum Gasteiger partial charge on any atom is 0.266 e. The number of carbonyl (C=O) groups is 1. The Morgan fingerprint density at radius 2 is 1.74 bits per heavy atom. The van der Waals surface area contributed by atoms with Crippen LogP contribution >= 0.6 is 15.9 Å². The molecule has 0 aliphatic rings. The van der Waals surface area contributed by atoms with Gasteiger partial charge in [-0.25, -0.2) is 0 Å². The Bertz CT molecular complexity index is 1420. The van der Waals surface area contributed by atoms with Crippen LogP contribution in [0.2, 0.25) is 0 Å². The molecule has 35 heavy (non-hydrogen) atoms. The van der Waals surface area contributed by atoms with Gasteiger partial charge in [-0.05, 0) is 93.3 Å². The van der Waals surface area contributed by atoms with Gasteiger partial charge in [0.25, 0.3) is 5.91 Å². The molecule has 4 aromatic carbocycles. The van der Waals surface area contributed by atoms with Crippen LogP contribution < -0.4 is 14.8 Å². The number of hydrogen-bond acceptors (Lipinski definition) is 4. The van der Waals surface area contributed by atoms with E-state index in [4.69, 9.17) is 9.47 Å². The minimum Gasteiger partial charge on any atom is -0.494 e. The zero-order valence-electron chi connectivity index (χ0n) is 19.1. The Kier molecular flexibility index (Phi) is 7.81. The molecular formula is C29H23BrN2O3. The molecule has 0 radical (unpaired) electrons. The van der Waals surface area contributed by atoms with Gasteiger partial charge in [-0.3, -0.25) is 4.79 Å². The van der Waals surface area contributed by atoms with Crippen molar-refractivity contribution in [2.75, 3.05) is 11.9 Å². The molecule has 0 atom stereocenters. The van der Waals surface area contributed by atoms with E-state index in [1.165, 1.54) is 10.8 Å². The molecule has 1 N–H and O–H groups in total. The van der Waals surface area contributed by atoms with E-state index in [1.807, 2.05) is 43.3 Å². The number of anilines is 1. The minimum atomic E-state index is -0.482. The first kappa shape index (κ1) is 24.1. The molecule has 0 unspecified atom stereocenters. The maximum atomic E-state index is 12.6. The normalized spacial score (nSPS) is 11.1. The minimum absolute atomic E-state index is 0.00406. The van der Waals surface area contributed by atoms with Crippen LogP contribution in [0.4, 0.5) is 5.69 Å². The predicted octanol–water partition coefficient (Wildman–Crippen LogP) is 7.13. The lowest BCUT2D eigenvalue weighted by atomic mass is 10.1. The van der Waals surface area contributed by atoms with E-state index in [-0.39, 0.29) is 5.57 Å². The highest BCUT2D eigenvalue weighted by Gasteiger charge is 2.11. The fraction of sp³-hybridized carbons (Fsp3) is 0.103. The van der Waals surface area contributed by atoms with E-state index in [9.17, 15) is 10.1 Å². The first-order chi connectivity index (χ1) is 17.1. The first-order valence-electron chi connectivity index (χ1n) is 11.1. The fourth-order valence-electron chi connectivity index (χ4n) is 3.53. The Hall–Kier alpha value is -4.08. The summed E-state index contributed by atoms with van der Waals surface area (Å²) in [7, 11) is 0. The van der Waals surface area contributed by atoms with Gasteiger partial charge in [0.05, 0.1) is 11.1 Å². The highest BCUT2D eigenvalue weighted by Crippen LogP contribution is 2.28. The maximum absolute atomic E-state index is 12.6. The molecule has 0 aliphatic carbocycles. The van der Waals surface area contributed by atoms with E-state index in [0.717, 1.165) is 10.0 Å². The third-order valence-corrected chi connectivity index (χ3v) is 5.88. The lowest BCUT2D eigenvalue weighted by Gasteiger charge is -2.10. The van der Waals surface area contributed by atoms with Gasteiger partial charge in [-0.1, -0.05) is 42.5 Å². The molecule has 0 fully saturated rings. The monoisotopic (exact) mass is 526 g/mol. The standard InChI is InChI=1S/C29H23BrN2O3/c1-2-34-26-12-10-25(11-13-26)32-29(33)24(18-31)15-20-8-14-28(27(30)17-20)35-19-21-7-9-22-5-3-4-6-23(22)16-21/h3-17H,2,19H2,1H3,(H,32,33)/b24-15-. The zero-order chi connectivity index (χ0) is 24.6. The number of rotatable bonds is 8. The molecule has 4 rings (SSSR count). The average Bonchev–Trinajstić information content (AvgIpc) is 2.88. The van der Waals surface area contributed by atoms with Crippen LogP contribution in [0.25, 0.3) is 16.8 Å². The highest BCUT2D eigenvalue weighted by atomic mass is 79.9. The summed E-state index contributed by atoms with van der Waals surface area (Å²) in [5.74, 6) is 0.909. The van der Waals surface area contributed by atoms with Gasteiger partial charge >= 0.3 is 0 Å². The lowest BCUT2D eigenvalue weighted by molar-refractivity contribution is -0.112. The Labute approximate surface area is 212 Å². The van der Waals surface area contributed by atoms with Crippen molar-refractivity contribution >= 4 is 44.4 Å². The summed E-state index contributed by atoms with van der Waals surface area (Å²) in [6.45, 7) is 2.89. The van der Waals surface area contributed by atoms with Gasteiger partial charge in [0.2, 0.25) is 0 Å². The zero-order valence-corrected chi connectivity index (χ0v) is 20.7. The van der Waals surface area contributed by atoms with Gasteiger partial charge in [0.1, 0.15) is 29.7 Å². The van der Waals surface area contributed by atoms with Gasteiger partial charge in [0.15, 0.2) is 0 Å². The second-order valence-corrected chi connectivity index (χ2v) is 8.60. The molecule has 174 valence electrons. The number of ether oxygens (including phenoxy) is 2. The number of hydrogen-bond donors (Lipinski definition) is 1. The molecule has 4 aromatic rings. The molecule has 0 bridgehead atoms. The van der Waals surface area contributed by atoms with Crippen molar-refractivity contribution < 1.29 is 14.3 Å². The van der Waals surface area contributed by atoms with Gasteiger partial charge in [-0.2, -0.15) is 5.26 Å². The number of nitrogens with one attached hydrogen (secondary N) is 1. The molecule has 0 aliphatic heterocycles. The molecule has 0 spiro atoms. The number of fused-ring (bicyclic) bond motifs is 1. The number of nitriles is 1. The third-order valence-electron chi connectivity index (χ3n) is 5.26. The molecule has 5 nitrogen and oxygen atoms in total. The van der Waals surface area contributed by atoms with Crippen molar-refractivity contribution in [3.8, 4) is 17.6 Å². The van der Waals surface area contributed by atoms with Gasteiger partial charge < -0.3 is 14.8 Å². The van der Waals surface area contributed by atoms with Crippen LogP contribution in [-0.2, 0) is 11.4 Å². The largest absolute Gasteiger partial charge is 0.494 e. The van der Waals surface area contributed by atoms with Crippen LogP contribution in [0.15, 0.2) is 95.0 Å². The van der Waals surface area contributed by atoms with Crippen molar-refractivity contribution in [1.82, 2.24) is 0 Å². The topological polar surface area (TPSA) is 71.3 Å². The Morgan fingerprint density at radius 1 is 0.971 bits per heavy atom. The number of benzene rings is 4. The molecule has 0 heterocycles. The van der Waals surface area contributed by atoms with Crippen molar-refractivity contribution in [1.29, 1.82) is 5.26 Å². The summed E-state index contributed by atoms with van der Waals surface area (Å²) in [5, 5.41) is 14.6. The van der Waals surface area contributed by atoms with Crippen LogP contribution in [-0.4, -0.2) is 12.5 Å². The Morgan fingerprint density at radius 3 is 2.46 bits per heavy atom.